The van der Waals surface area contributed by atoms with Crippen LogP contribution in [0.15, 0.2) is 77.0 Å². The number of benzene rings is 2. The number of aryl methyl sites for hydroxylation is 1. The molecule has 1 aliphatic heterocycles. The molecule has 0 spiro atoms. The summed E-state index contributed by atoms with van der Waals surface area (Å²) in [7, 11) is 3.38. The normalized spacial score (nSPS) is 15.3. The van der Waals surface area contributed by atoms with Crippen LogP contribution in [0.4, 0.5) is 4.39 Å². The van der Waals surface area contributed by atoms with Gasteiger partial charge in [-0.1, -0.05) is 18.2 Å². The van der Waals surface area contributed by atoms with Gasteiger partial charge in [-0.25, -0.2) is 4.39 Å². The highest BCUT2D eigenvalue weighted by atomic mass is 19.1. The predicted molar refractivity (Wildman–Crippen MR) is 105 cm³/mol. The SMILES string of the molecule is COc1ccc(C2C=C(NC(=O)c3ccc(-c4cnn(C)c4)cc3F)N=N2)cc1. The topological polar surface area (TPSA) is 80.9 Å². The Balaban J connectivity index is 1.47. The molecule has 2 aromatic carbocycles. The van der Waals surface area contributed by atoms with Gasteiger partial charge < -0.3 is 10.1 Å². The van der Waals surface area contributed by atoms with Gasteiger partial charge in [0.1, 0.15) is 17.6 Å². The molecule has 1 N–H and O–H groups in total. The summed E-state index contributed by atoms with van der Waals surface area (Å²) in [6.45, 7) is 0. The Labute approximate surface area is 166 Å². The molecule has 1 unspecified atom stereocenters. The minimum atomic E-state index is -0.619. The summed E-state index contributed by atoms with van der Waals surface area (Å²) in [5.41, 5.74) is 2.26. The van der Waals surface area contributed by atoms with Crippen molar-refractivity contribution in [1.29, 1.82) is 0 Å². The number of carbonyl (C=O) groups is 1. The van der Waals surface area contributed by atoms with Gasteiger partial charge in [0.2, 0.25) is 0 Å². The number of halogens is 1. The number of hydrogen-bond acceptors (Lipinski definition) is 5. The maximum Gasteiger partial charge on any atom is 0.259 e. The Morgan fingerprint density at radius 3 is 2.62 bits per heavy atom. The Bertz CT molecular complexity index is 1120. The number of nitrogens with one attached hydrogen (secondary N) is 1. The highest BCUT2D eigenvalue weighted by Gasteiger charge is 2.19. The standard InChI is InChI=1S/C21H18FN5O2/c1-27-12-15(11-23-27)14-5-8-17(18(22)9-14)21(28)24-20-10-19(25-26-20)13-3-6-16(29-2)7-4-13/h3-12,19H,1-2H3,(H,24,28). The molecule has 1 aromatic heterocycles. The van der Waals surface area contributed by atoms with E-state index in [9.17, 15) is 9.18 Å². The van der Waals surface area contributed by atoms with Crippen LogP contribution in [-0.2, 0) is 7.05 Å². The average molecular weight is 391 g/mol. The predicted octanol–water partition coefficient (Wildman–Crippen LogP) is 4.01. The summed E-state index contributed by atoms with van der Waals surface area (Å²) >= 11 is 0. The minimum Gasteiger partial charge on any atom is -0.497 e. The zero-order chi connectivity index (χ0) is 20.4. The van der Waals surface area contributed by atoms with Gasteiger partial charge in [0.05, 0.1) is 18.9 Å². The van der Waals surface area contributed by atoms with Crippen molar-refractivity contribution in [2.24, 2.45) is 17.3 Å². The number of nitrogens with zero attached hydrogens (tertiary/aromatic N) is 4. The van der Waals surface area contributed by atoms with E-state index in [-0.39, 0.29) is 17.4 Å². The molecule has 4 rings (SSSR count). The molecular formula is C21H18FN5O2. The molecule has 0 saturated heterocycles. The van der Waals surface area contributed by atoms with E-state index in [4.69, 9.17) is 4.74 Å². The summed E-state index contributed by atoms with van der Waals surface area (Å²) in [5.74, 6) is -0.176. The van der Waals surface area contributed by atoms with E-state index >= 15 is 0 Å². The van der Waals surface area contributed by atoms with Crippen LogP contribution in [0.3, 0.4) is 0 Å². The van der Waals surface area contributed by atoms with E-state index in [1.165, 1.54) is 12.1 Å². The van der Waals surface area contributed by atoms with E-state index in [2.05, 4.69) is 20.6 Å². The largest absolute Gasteiger partial charge is 0.497 e. The Kier molecular flexibility index (Phi) is 4.90. The number of carbonyl (C=O) groups excluding carboxylic acids is 1. The van der Waals surface area contributed by atoms with Gasteiger partial charge >= 0.3 is 0 Å². The van der Waals surface area contributed by atoms with Gasteiger partial charge in [-0.3, -0.25) is 9.48 Å². The lowest BCUT2D eigenvalue weighted by atomic mass is 10.1. The van der Waals surface area contributed by atoms with Crippen molar-refractivity contribution in [3.05, 3.63) is 83.7 Å². The van der Waals surface area contributed by atoms with Gasteiger partial charge in [-0.2, -0.15) is 10.2 Å². The first-order chi connectivity index (χ1) is 14.0. The third-order valence-corrected chi connectivity index (χ3v) is 4.56. The number of aromatic nitrogens is 2. The molecule has 3 aromatic rings. The van der Waals surface area contributed by atoms with Crippen LogP contribution >= 0.6 is 0 Å². The third-order valence-electron chi connectivity index (χ3n) is 4.56. The second-order valence-electron chi connectivity index (χ2n) is 6.54. The average Bonchev–Trinajstić information content (AvgIpc) is 3.37. The minimum absolute atomic E-state index is 0.0679. The lowest BCUT2D eigenvalue weighted by Gasteiger charge is -2.06. The number of azo groups is 1. The van der Waals surface area contributed by atoms with Gasteiger partial charge in [-0.15, -0.1) is 5.11 Å². The fourth-order valence-electron chi connectivity index (χ4n) is 3.00. The first-order valence-corrected chi connectivity index (χ1v) is 8.90. The number of hydrogen-bond donors (Lipinski definition) is 1. The Morgan fingerprint density at radius 1 is 1.17 bits per heavy atom. The monoisotopic (exact) mass is 391 g/mol. The van der Waals surface area contributed by atoms with Crippen LogP contribution in [0.25, 0.3) is 11.1 Å². The fraction of sp³-hybridized carbons (Fsp3) is 0.143. The highest BCUT2D eigenvalue weighted by molar-refractivity contribution is 5.96. The first kappa shape index (κ1) is 18.5. The lowest BCUT2D eigenvalue weighted by Crippen LogP contribution is -2.22. The van der Waals surface area contributed by atoms with Crippen molar-refractivity contribution in [3.8, 4) is 16.9 Å². The molecule has 29 heavy (non-hydrogen) atoms. The van der Waals surface area contributed by atoms with Crippen LogP contribution in [0.2, 0.25) is 0 Å². The van der Waals surface area contributed by atoms with E-state index in [1.54, 1.807) is 43.4 Å². The van der Waals surface area contributed by atoms with Gasteiger partial charge in [0.25, 0.3) is 5.91 Å². The second-order valence-corrected chi connectivity index (χ2v) is 6.54. The molecule has 0 aliphatic carbocycles. The maximum absolute atomic E-state index is 14.5. The quantitative estimate of drug-likeness (QED) is 0.713. The van der Waals surface area contributed by atoms with Gasteiger partial charge in [-0.05, 0) is 41.5 Å². The smallest absolute Gasteiger partial charge is 0.259 e. The van der Waals surface area contributed by atoms with Crippen LogP contribution in [0, 0.1) is 5.82 Å². The van der Waals surface area contributed by atoms with Crippen molar-refractivity contribution in [2.45, 2.75) is 6.04 Å². The fourth-order valence-corrected chi connectivity index (χ4v) is 3.00. The van der Waals surface area contributed by atoms with Crippen molar-refractivity contribution >= 4 is 5.91 Å². The maximum atomic E-state index is 14.5. The van der Waals surface area contributed by atoms with Crippen LogP contribution in [-0.4, -0.2) is 22.8 Å². The van der Waals surface area contributed by atoms with Crippen LogP contribution in [0.5, 0.6) is 5.75 Å². The lowest BCUT2D eigenvalue weighted by molar-refractivity contribution is 0.0961. The summed E-state index contributed by atoms with van der Waals surface area (Å²) in [6, 6.07) is 11.5. The molecule has 146 valence electrons. The van der Waals surface area contributed by atoms with E-state index in [0.29, 0.717) is 5.56 Å². The molecule has 2 heterocycles. The number of rotatable bonds is 5. The molecule has 0 fully saturated rings. The Hall–Kier alpha value is -3.81. The van der Waals surface area contributed by atoms with Crippen molar-refractivity contribution in [2.75, 3.05) is 7.11 Å². The molecule has 0 bridgehead atoms. The molecule has 1 amide bonds. The molecular weight excluding hydrogens is 373 g/mol. The van der Waals surface area contributed by atoms with Crippen molar-refractivity contribution < 1.29 is 13.9 Å². The van der Waals surface area contributed by atoms with E-state index in [1.807, 2.05) is 24.3 Å². The molecule has 1 atom stereocenters. The van der Waals surface area contributed by atoms with Crippen molar-refractivity contribution in [3.63, 3.8) is 0 Å². The molecule has 0 saturated carbocycles. The second kappa shape index (κ2) is 7.67. The van der Waals surface area contributed by atoms with E-state index in [0.717, 1.165) is 16.9 Å². The molecule has 8 heteroatoms. The first-order valence-electron chi connectivity index (χ1n) is 8.90. The van der Waals surface area contributed by atoms with Gasteiger partial charge in [0, 0.05) is 18.8 Å². The summed E-state index contributed by atoms with van der Waals surface area (Å²) in [5, 5.41) is 14.8. The van der Waals surface area contributed by atoms with E-state index < -0.39 is 11.7 Å². The van der Waals surface area contributed by atoms with Crippen LogP contribution in [0.1, 0.15) is 22.0 Å². The third kappa shape index (κ3) is 3.91. The van der Waals surface area contributed by atoms with Crippen molar-refractivity contribution in [1.82, 2.24) is 15.1 Å². The zero-order valence-electron chi connectivity index (χ0n) is 15.8. The summed E-state index contributed by atoms with van der Waals surface area (Å²) in [6.07, 6.45) is 5.12. The van der Waals surface area contributed by atoms with Crippen LogP contribution < -0.4 is 10.1 Å². The molecule has 1 aliphatic rings. The Morgan fingerprint density at radius 2 is 1.97 bits per heavy atom. The number of methoxy groups -OCH3 is 1. The van der Waals surface area contributed by atoms with Gasteiger partial charge in [0.15, 0.2) is 5.82 Å². The molecule has 7 nitrogen and oxygen atoms in total. The number of amides is 1. The number of ether oxygens (including phenoxy) is 1. The highest BCUT2D eigenvalue weighted by Crippen LogP contribution is 2.28. The zero-order valence-corrected chi connectivity index (χ0v) is 15.8. The summed E-state index contributed by atoms with van der Waals surface area (Å²) in [4.78, 5) is 12.5. The summed E-state index contributed by atoms with van der Waals surface area (Å²) < 4.78 is 21.3. The molecule has 0 radical (unpaired) electrons.